The summed E-state index contributed by atoms with van der Waals surface area (Å²) in [6.45, 7) is -2.74. The van der Waals surface area contributed by atoms with Crippen molar-refractivity contribution in [3.63, 3.8) is 0 Å². The summed E-state index contributed by atoms with van der Waals surface area (Å²) in [4.78, 5) is 0. The summed E-state index contributed by atoms with van der Waals surface area (Å²) in [5.41, 5.74) is 1.15. The first-order valence-electron chi connectivity index (χ1n) is 4.65. The summed E-state index contributed by atoms with van der Waals surface area (Å²) in [7, 11) is 0. The number of hydrogen-bond donors (Lipinski definition) is 0. The van der Waals surface area contributed by atoms with Gasteiger partial charge in [0.1, 0.15) is 5.75 Å². The van der Waals surface area contributed by atoms with Crippen molar-refractivity contribution in [1.82, 2.24) is 0 Å². The Hall–Kier alpha value is -1.12. The SMILES string of the molecule is FC(F)Oc1ccc([C]2CCC2)cc1. The molecule has 1 nitrogen and oxygen atoms in total. The summed E-state index contributed by atoms with van der Waals surface area (Å²) in [5, 5.41) is 0. The van der Waals surface area contributed by atoms with E-state index in [1.807, 2.05) is 12.1 Å². The van der Waals surface area contributed by atoms with Gasteiger partial charge in [-0.3, -0.25) is 0 Å². The van der Waals surface area contributed by atoms with Gasteiger partial charge >= 0.3 is 6.61 Å². The van der Waals surface area contributed by atoms with Crippen LogP contribution < -0.4 is 4.74 Å². The molecule has 0 aliphatic heterocycles. The second-order valence-electron chi connectivity index (χ2n) is 3.36. The van der Waals surface area contributed by atoms with Crippen LogP contribution in [0.5, 0.6) is 5.75 Å². The van der Waals surface area contributed by atoms with Gasteiger partial charge in [-0.2, -0.15) is 8.78 Å². The molecular formula is C11H11F2O. The van der Waals surface area contributed by atoms with Crippen LogP contribution in [0, 0.1) is 5.92 Å². The first kappa shape index (κ1) is 9.44. The van der Waals surface area contributed by atoms with Crippen molar-refractivity contribution in [3.05, 3.63) is 35.7 Å². The maximum atomic E-state index is 11.8. The zero-order valence-corrected chi connectivity index (χ0v) is 7.67. The van der Waals surface area contributed by atoms with Gasteiger partial charge in [0.15, 0.2) is 0 Å². The molecule has 1 aromatic carbocycles. The fourth-order valence-electron chi connectivity index (χ4n) is 1.51. The summed E-state index contributed by atoms with van der Waals surface area (Å²) in [5.74, 6) is 1.64. The predicted octanol–water partition coefficient (Wildman–Crippen LogP) is 3.39. The Morgan fingerprint density at radius 2 is 1.71 bits per heavy atom. The smallest absolute Gasteiger partial charge is 0.387 e. The molecule has 1 fully saturated rings. The van der Waals surface area contributed by atoms with E-state index in [0.29, 0.717) is 0 Å². The number of halogens is 2. The second-order valence-corrected chi connectivity index (χ2v) is 3.36. The lowest BCUT2D eigenvalue weighted by atomic mass is 9.80. The molecular weight excluding hydrogens is 186 g/mol. The highest BCUT2D eigenvalue weighted by molar-refractivity contribution is 5.37. The van der Waals surface area contributed by atoms with Gasteiger partial charge in [0.25, 0.3) is 0 Å². The van der Waals surface area contributed by atoms with Crippen molar-refractivity contribution in [2.24, 2.45) is 0 Å². The quantitative estimate of drug-likeness (QED) is 0.721. The number of ether oxygens (including phenoxy) is 1. The predicted molar refractivity (Wildman–Crippen MR) is 49.3 cm³/mol. The van der Waals surface area contributed by atoms with E-state index in [-0.39, 0.29) is 5.75 Å². The number of benzene rings is 1. The summed E-state index contributed by atoms with van der Waals surface area (Å²) in [6, 6.07) is 6.86. The van der Waals surface area contributed by atoms with E-state index in [0.717, 1.165) is 18.4 Å². The molecule has 1 aliphatic carbocycles. The van der Waals surface area contributed by atoms with Crippen LogP contribution in [0.3, 0.4) is 0 Å². The Morgan fingerprint density at radius 3 is 2.14 bits per heavy atom. The minimum absolute atomic E-state index is 0.226. The highest BCUT2D eigenvalue weighted by Gasteiger charge is 2.19. The molecule has 1 aliphatic rings. The Morgan fingerprint density at radius 1 is 1.07 bits per heavy atom. The molecule has 0 unspecified atom stereocenters. The van der Waals surface area contributed by atoms with Gasteiger partial charge in [-0.05, 0) is 30.5 Å². The molecule has 75 valence electrons. The van der Waals surface area contributed by atoms with E-state index in [1.165, 1.54) is 12.3 Å². The lowest BCUT2D eigenvalue weighted by Crippen LogP contribution is -2.09. The molecule has 2 rings (SSSR count). The molecule has 0 N–H and O–H groups in total. The van der Waals surface area contributed by atoms with Gasteiger partial charge in [0.05, 0.1) is 0 Å². The normalized spacial score (nSPS) is 16.8. The lowest BCUT2D eigenvalue weighted by Gasteiger charge is -2.24. The van der Waals surface area contributed by atoms with Gasteiger partial charge in [-0.1, -0.05) is 18.6 Å². The molecule has 0 amide bonds. The van der Waals surface area contributed by atoms with Crippen molar-refractivity contribution >= 4 is 0 Å². The highest BCUT2D eigenvalue weighted by atomic mass is 19.3. The standard InChI is InChI=1S/C11H11F2O/c12-11(13)14-10-6-4-9(5-7-10)8-2-1-3-8/h4-7,11H,1-3H2. The Labute approximate surface area is 81.7 Å². The van der Waals surface area contributed by atoms with Crippen LogP contribution in [-0.4, -0.2) is 6.61 Å². The van der Waals surface area contributed by atoms with Crippen LogP contribution >= 0.6 is 0 Å². The maximum absolute atomic E-state index is 11.8. The fourth-order valence-corrected chi connectivity index (χ4v) is 1.51. The average molecular weight is 197 g/mol. The number of alkyl halides is 2. The topological polar surface area (TPSA) is 9.23 Å². The van der Waals surface area contributed by atoms with Gasteiger partial charge in [0, 0.05) is 5.92 Å². The van der Waals surface area contributed by atoms with Crippen LogP contribution in [0.1, 0.15) is 24.8 Å². The highest BCUT2D eigenvalue weighted by Crippen LogP contribution is 2.35. The van der Waals surface area contributed by atoms with Crippen LogP contribution in [0.2, 0.25) is 0 Å². The van der Waals surface area contributed by atoms with E-state index in [1.54, 1.807) is 12.1 Å². The van der Waals surface area contributed by atoms with Crippen molar-refractivity contribution in [2.45, 2.75) is 25.9 Å². The van der Waals surface area contributed by atoms with E-state index in [9.17, 15) is 8.78 Å². The molecule has 0 bridgehead atoms. The average Bonchev–Trinajstić information content (AvgIpc) is 2.04. The zero-order chi connectivity index (χ0) is 9.97. The number of rotatable bonds is 3. The van der Waals surface area contributed by atoms with Crippen molar-refractivity contribution in [1.29, 1.82) is 0 Å². The van der Waals surface area contributed by atoms with E-state index >= 15 is 0 Å². The van der Waals surface area contributed by atoms with Crippen LogP contribution in [0.15, 0.2) is 24.3 Å². The third-order valence-electron chi connectivity index (χ3n) is 2.44. The third kappa shape index (κ3) is 2.03. The maximum Gasteiger partial charge on any atom is 0.387 e. The Balaban J connectivity index is 2.02. The molecule has 14 heavy (non-hydrogen) atoms. The van der Waals surface area contributed by atoms with Gasteiger partial charge in [-0.15, -0.1) is 0 Å². The molecule has 0 atom stereocenters. The van der Waals surface area contributed by atoms with E-state index < -0.39 is 6.61 Å². The summed E-state index contributed by atoms with van der Waals surface area (Å²) < 4.78 is 27.9. The van der Waals surface area contributed by atoms with Gasteiger partial charge < -0.3 is 4.74 Å². The van der Waals surface area contributed by atoms with Crippen molar-refractivity contribution in [3.8, 4) is 5.75 Å². The van der Waals surface area contributed by atoms with Crippen LogP contribution in [0.25, 0.3) is 0 Å². The van der Waals surface area contributed by atoms with Crippen molar-refractivity contribution < 1.29 is 13.5 Å². The summed E-state index contributed by atoms with van der Waals surface area (Å²) >= 11 is 0. The van der Waals surface area contributed by atoms with Crippen molar-refractivity contribution in [2.75, 3.05) is 0 Å². The molecule has 3 heteroatoms. The Bertz CT molecular complexity index is 291. The molecule has 0 heterocycles. The molecule has 1 aromatic rings. The lowest BCUT2D eigenvalue weighted by molar-refractivity contribution is -0.0498. The first-order chi connectivity index (χ1) is 6.75. The second kappa shape index (κ2) is 3.95. The monoisotopic (exact) mass is 197 g/mol. The molecule has 1 saturated carbocycles. The fraction of sp³-hybridized carbons (Fsp3) is 0.364. The van der Waals surface area contributed by atoms with Gasteiger partial charge in [-0.25, -0.2) is 0 Å². The summed E-state index contributed by atoms with van der Waals surface area (Å²) in [6.07, 6.45) is 3.51. The first-order valence-corrected chi connectivity index (χ1v) is 4.65. The van der Waals surface area contributed by atoms with E-state index in [2.05, 4.69) is 4.74 Å². The van der Waals surface area contributed by atoms with Crippen LogP contribution in [-0.2, 0) is 0 Å². The van der Waals surface area contributed by atoms with E-state index in [4.69, 9.17) is 0 Å². The van der Waals surface area contributed by atoms with Crippen LogP contribution in [0.4, 0.5) is 8.78 Å². The molecule has 1 radical (unpaired) electrons. The minimum Gasteiger partial charge on any atom is -0.435 e. The molecule has 0 saturated heterocycles. The third-order valence-corrected chi connectivity index (χ3v) is 2.44. The minimum atomic E-state index is -2.74. The largest absolute Gasteiger partial charge is 0.435 e. The zero-order valence-electron chi connectivity index (χ0n) is 7.67. The molecule has 0 spiro atoms. The molecule has 0 aromatic heterocycles. The Kier molecular flexibility index (Phi) is 2.66. The van der Waals surface area contributed by atoms with Gasteiger partial charge in [0.2, 0.25) is 0 Å². The number of hydrogen-bond acceptors (Lipinski definition) is 1.